The molecular weight excluding hydrogens is 455 g/mol. The van der Waals surface area contributed by atoms with Gasteiger partial charge in [-0.3, -0.25) is 0 Å². The Labute approximate surface area is 192 Å². The van der Waals surface area contributed by atoms with Crippen LogP contribution in [0.25, 0.3) is 11.0 Å². The second kappa shape index (κ2) is 8.17. The number of nitrogens with two attached hydrogens (primary N) is 1. The molecule has 1 fully saturated rings. The summed E-state index contributed by atoms with van der Waals surface area (Å²) in [6.45, 7) is 1.83. The molecule has 0 amide bonds. The summed E-state index contributed by atoms with van der Waals surface area (Å²) in [6, 6.07) is 2.53. The molecule has 1 aromatic carbocycles. The Bertz CT molecular complexity index is 1250. The smallest absolute Gasteiger partial charge is 0.266 e. The Morgan fingerprint density at radius 3 is 2.79 bits per heavy atom. The van der Waals surface area contributed by atoms with Crippen LogP contribution in [0.2, 0.25) is 0 Å². The quantitative estimate of drug-likeness (QED) is 0.379. The van der Waals surface area contributed by atoms with Gasteiger partial charge in [0.15, 0.2) is 6.23 Å². The van der Waals surface area contributed by atoms with Gasteiger partial charge in [0.25, 0.3) is 6.43 Å². The lowest BCUT2D eigenvalue weighted by Crippen LogP contribution is -2.47. The van der Waals surface area contributed by atoms with Crippen molar-refractivity contribution in [2.75, 3.05) is 12.3 Å². The lowest BCUT2D eigenvalue weighted by molar-refractivity contribution is -0.115. The number of aliphatic hydroxyl groups excluding tert-OH is 2. The molecule has 4 heterocycles. The summed E-state index contributed by atoms with van der Waals surface area (Å²) in [5.41, 5.74) is 3.84. The Hall–Kier alpha value is -2.77. The Kier molecular flexibility index (Phi) is 5.52. The zero-order valence-electron chi connectivity index (χ0n) is 18.1. The molecule has 5 rings (SSSR count). The van der Waals surface area contributed by atoms with Crippen molar-refractivity contribution in [1.82, 2.24) is 19.9 Å². The molecule has 2 aliphatic heterocycles. The number of fused-ring (bicyclic) bond motifs is 2. The minimum absolute atomic E-state index is 0.0148. The summed E-state index contributed by atoms with van der Waals surface area (Å²) in [6.07, 6.45) is -5.89. The molecule has 0 saturated carbocycles. The van der Waals surface area contributed by atoms with E-state index >= 15 is 0 Å². The van der Waals surface area contributed by atoms with E-state index in [-0.39, 0.29) is 29.9 Å². The van der Waals surface area contributed by atoms with E-state index in [9.17, 15) is 28.5 Å². The van der Waals surface area contributed by atoms with Gasteiger partial charge in [-0.2, -0.15) is 0 Å². The lowest BCUT2D eigenvalue weighted by Gasteiger charge is -2.32. The van der Waals surface area contributed by atoms with E-state index in [0.29, 0.717) is 23.1 Å². The normalized spacial score (nSPS) is 27.9. The van der Waals surface area contributed by atoms with Gasteiger partial charge in [0.05, 0.1) is 10.9 Å². The lowest BCUT2D eigenvalue weighted by atomic mass is 9.83. The van der Waals surface area contributed by atoms with Crippen LogP contribution in [0.15, 0.2) is 24.7 Å². The summed E-state index contributed by atoms with van der Waals surface area (Å²) in [5.74, 6) is -0.778. The van der Waals surface area contributed by atoms with E-state index in [0.717, 1.165) is 6.07 Å². The van der Waals surface area contributed by atoms with E-state index in [1.54, 1.807) is 12.3 Å². The number of nitrogens with zero attached hydrogens (tertiary/aromatic N) is 3. The molecule has 0 bridgehead atoms. The van der Waals surface area contributed by atoms with Crippen molar-refractivity contribution < 1.29 is 33.2 Å². The fraction of sp³-hybridized carbons (Fsp3) is 0.455. The number of alkyl halides is 2. The largest absolute Gasteiger partial charge is 0.386 e. The fourth-order valence-electron chi connectivity index (χ4n) is 4.91. The van der Waals surface area contributed by atoms with Crippen molar-refractivity contribution in [2.24, 2.45) is 0 Å². The molecule has 0 spiro atoms. The van der Waals surface area contributed by atoms with Gasteiger partial charge in [-0.05, 0) is 48.7 Å². The van der Waals surface area contributed by atoms with Crippen LogP contribution in [-0.4, -0.2) is 54.2 Å². The molecule has 5 atom stereocenters. The van der Waals surface area contributed by atoms with Gasteiger partial charge < -0.3 is 35.7 Å². The molecule has 12 heteroatoms. The third-order valence-electron chi connectivity index (χ3n) is 6.78. The molecule has 9 nitrogen and oxygen atoms in total. The zero-order chi connectivity index (χ0) is 24.4. The van der Waals surface area contributed by atoms with Crippen molar-refractivity contribution >= 4 is 16.9 Å². The molecule has 1 saturated heterocycles. The Morgan fingerprint density at radius 2 is 2.06 bits per heavy atom. The highest BCUT2D eigenvalue weighted by molar-refractivity contribution is 5.86. The predicted octanol–water partition coefficient (Wildman–Crippen LogP) is 1.48. The highest BCUT2D eigenvalue weighted by Crippen LogP contribution is 2.45. The number of rotatable bonds is 4. The number of anilines is 1. The van der Waals surface area contributed by atoms with Crippen LogP contribution >= 0.6 is 0 Å². The molecule has 0 unspecified atom stereocenters. The average Bonchev–Trinajstić information content (AvgIpc) is 3.33. The second-order valence-electron chi connectivity index (χ2n) is 8.84. The van der Waals surface area contributed by atoms with E-state index in [1.165, 1.54) is 17.8 Å². The molecule has 0 aliphatic carbocycles. The van der Waals surface area contributed by atoms with Crippen LogP contribution in [0.4, 0.5) is 19.0 Å². The van der Waals surface area contributed by atoms with Crippen molar-refractivity contribution in [2.45, 2.75) is 56.5 Å². The maximum atomic E-state index is 14.7. The van der Waals surface area contributed by atoms with E-state index in [4.69, 9.17) is 10.5 Å². The molecule has 182 valence electrons. The number of benzene rings is 1. The maximum Gasteiger partial charge on any atom is 0.266 e. The van der Waals surface area contributed by atoms with Crippen molar-refractivity contribution in [3.05, 3.63) is 52.7 Å². The Morgan fingerprint density at radius 1 is 1.29 bits per heavy atom. The monoisotopic (exact) mass is 479 g/mol. The van der Waals surface area contributed by atoms with Gasteiger partial charge in [-0.25, -0.2) is 23.1 Å². The number of halogens is 3. The molecule has 0 radical (unpaired) electrons. The number of aromatic nitrogens is 3. The summed E-state index contributed by atoms with van der Waals surface area (Å²) >= 11 is 0. The number of ether oxygens (including phenoxy) is 1. The van der Waals surface area contributed by atoms with Crippen LogP contribution in [0.3, 0.4) is 0 Å². The van der Waals surface area contributed by atoms with Gasteiger partial charge in [0, 0.05) is 12.7 Å². The van der Waals surface area contributed by atoms with Gasteiger partial charge in [0.1, 0.15) is 47.5 Å². The van der Waals surface area contributed by atoms with Gasteiger partial charge in [0.2, 0.25) is 0 Å². The van der Waals surface area contributed by atoms with E-state index in [2.05, 4.69) is 15.3 Å². The van der Waals surface area contributed by atoms with Crippen molar-refractivity contribution in [1.29, 1.82) is 0 Å². The fourth-order valence-corrected chi connectivity index (χ4v) is 4.91. The number of aliphatic hydroxyl groups is 3. The SMILES string of the molecule is C[C@@]1(O)[C@@H]([C@H](O)c2cc(C(F)F)c(F)c3c2CNCC3)O[C@@H](n2ccc3c(N)ncnc32)[C@@H]1O. The summed E-state index contributed by atoms with van der Waals surface area (Å²) in [4.78, 5) is 8.07. The van der Waals surface area contributed by atoms with Gasteiger partial charge >= 0.3 is 0 Å². The van der Waals surface area contributed by atoms with E-state index < -0.39 is 47.9 Å². The predicted molar refractivity (Wildman–Crippen MR) is 114 cm³/mol. The van der Waals surface area contributed by atoms with Crippen molar-refractivity contribution in [3.63, 3.8) is 0 Å². The summed E-state index contributed by atoms with van der Waals surface area (Å²) in [5, 5.41) is 36.9. The molecule has 34 heavy (non-hydrogen) atoms. The van der Waals surface area contributed by atoms with Crippen LogP contribution < -0.4 is 11.1 Å². The number of nitrogens with one attached hydrogen (secondary N) is 1. The third kappa shape index (κ3) is 3.36. The van der Waals surface area contributed by atoms with Crippen molar-refractivity contribution in [3.8, 4) is 0 Å². The first kappa shape index (κ1) is 23.0. The van der Waals surface area contributed by atoms with Gasteiger partial charge in [-0.15, -0.1) is 0 Å². The number of nitrogen functional groups attached to an aromatic ring is 1. The second-order valence-corrected chi connectivity index (χ2v) is 8.84. The summed E-state index contributed by atoms with van der Waals surface area (Å²) < 4.78 is 49.3. The molecular formula is C22H24F3N5O4. The minimum Gasteiger partial charge on any atom is -0.386 e. The highest BCUT2D eigenvalue weighted by Gasteiger charge is 2.56. The first-order chi connectivity index (χ1) is 16.1. The van der Waals surface area contributed by atoms with Crippen LogP contribution in [0.1, 0.15) is 47.9 Å². The topological polar surface area (TPSA) is 139 Å². The van der Waals surface area contributed by atoms with Gasteiger partial charge in [-0.1, -0.05) is 0 Å². The first-order valence-corrected chi connectivity index (χ1v) is 10.8. The minimum atomic E-state index is -3.09. The Balaban J connectivity index is 1.56. The average molecular weight is 479 g/mol. The standard InChI is InChI=1S/C22H24F3N5O4/c1-22(33)16(32)21(30-5-3-10-19(26)28-8-29-20(10)30)34-17(22)15(31)11-6-12(18(24)25)14(23)9-2-4-27-7-13(9)11/h3,5-6,8,15-18,21,27,31-33H,2,4,7H2,1H3,(H2,26,28,29)/t15-,16+,17-,21-,22+/m1/s1. The molecule has 6 N–H and O–H groups in total. The number of hydrogen-bond donors (Lipinski definition) is 5. The van der Waals surface area contributed by atoms with E-state index in [1.807, 2.05) is 0 Å². The van der Waals surface area contributed by atoms with Crippen LogP contribution in [-0.2, 0) is 17.7 Å². The summed E-state index contributed by atoms with van der Waals surface area (Å²) in [7, 11) is 0. The molecule has 2 aliphatic rings. The zero-order valence-corrected chi connectivity index (χ0v) is 18.1. The molecule has 2 aromatic heterocycles. The first-order valence-electron chi connectivity index (χ1n) is 10.8. The molecule has 3 aromatic rings. The van der Waals surface area contributed by atoms with Crippen LogP contribution in [0.5, 0.6) is 0 Å². The highest BCUT2D eigenvalue weighted by atomic mass is 19.3. The maximum absolute atomic E-state index is 14.7. The van der Waals surface area contributed by atoms with Crippen LogP contribution in [0, 0.1) is 5.82 Å². The number of hydrogen-bond acceptors (Lipinski definition) is 8. The third-order valence-corrected chi connectivity index (χ3v) is 6.78.